The number of nitrogens with zero attached hydrogens (tertiary/aromatic N) is 4. The normalized spacial score (nSPS) is 13.9. The number of hydrogen-bond acceptors (Lipinski definition) is 8. The van der Waals surface area contributed by atoms with Crippen LogP contribution in [0.5, 0.6) is 0 Å². The van der Waals surface area contributed by atoms with Gasteiger partial charge in [-0.3, -0.25) is 10.2 Å². The number of aromatic nitrogens is 1. The van der Waals surface area contributed by atoms with Gasteiger partial charge in [-0.15, -0.1) is 0 Å². The molecule has 10 heteroatoms. The molecular weight excluding hydrogens is 446 g/mol. The summed E-state index contributed by atoms with van der Waals surface area (Å²) >= 11 is 0. The first-order valence-electron chi connectivity index (χ1n) is 11.5. The van der Waals surface area contributed by atoms with E-state index in [4.69, 9.17) is 20.5 Å². The summed E-state index contributed by atoms with van der Waals surface area (Å²) in [6, 6.07) is 14.4. The number of amides is 1. The van der Waals surface area contributed by atoms with Crippen molar-refractivity contribution in [1.82, 2.24) is 9.99 Å². The third kappa shape index (κ3) is 8.90. The molecule has 0 bridgehead atoms. The van der Waals surface area contributed by atoms with E-state index in [2.05, 4.69) is 34.5 Å². The van der Waals surface area contributed by atoms with Gasteiger partial charge in [0.1, 0.15) is 5.82 Å². The first-order chi connectivity index (χ1) is 16.7. The zero-order valence-corrected chi connectivity index (χ0v) is 21.0. The minimum absolute atomic E-state index is 0.0391. The third-order valence-corrected chi connectivity index (χ3v) is 5.77. The van der Waals surface area contributed by atoms with Crippen LogP contribution < -0.4 is 5.32 Å². The molecule has 2 rings (SSSR count). The Morgan fingerprint density at radius 2 is 1.83 bits per heavy atom. The highest BCUT2D eigenvalue weighted by Crippen LogP contribution is 2.21. The Balaban J connectivity index is 2.01. The predicted octanol–water partition coefficient (Wildman–Crippen LogP) is 4.88. The number of anilines is 1. The highest BCUT2D eigenvalue weighted by atomic mass is 16.6. The molecule has 2 aromatic rings. The number of methoxy groups -OCH3 is 1. The average Bonchev–Trinajstić information content (AvgIpc) is 2.86. The fraction of sp³-hybridized carbons (Fsp3) is 0.440. The molecule has 3 atom stereocenters. The molecule has 35 heavy (non-hydrogen) atoms. The lowest BCUT2D eigenvalue weighted by molar-refractivity contribution is -0.117. The van der Waals surface area contributed by atoms with Gasteiger partial charge in [0.05, 0.1) is 11.8 Å². The number of pyridine rings is 1. The highest BCUT2D eigenvalue weighted by molar-refractivity contribution is 6.46. The monoisotopic (exact) mass is 481 g/mol. The lowest BCUT2D eigenvalue weighted by Crippen LogP contribution is -2.29. The number of benzene rings is 1. The Labute approximate surface area is 206 Å². The number of nitrogens with one attached hydrogen (secondary N) is 3. The second kappa shape index (κ2) is 13.9. The maximum Gasteiger partial charge on any atom is 0.225 e. The van der Waals surface area contributed by atoms with Gasteiger partial charge in [0.15, 0.2) is 18.2 Å². The summed E-state index contributed by atoms with van der Waals surface area (Å²) < 4.78 is 5.33. The molecule has 0 saturated heterocycles. The maximum atomic E-state index is 12.5. The van der Waals surface area contributed by atoms with Crippen molar-refractivity contribution in [2.45, 2.75) is 46.3 Å². The van der Waals surface area contributed by atoms with E-state index >= 15 is 0 Å². The lowest BCUT2D eigenvalue weighted by atomic mass is 9.88. The molecule has 3 unspecified atom stereocenters. The summed E-state index contributed by atoms with van der Waals surface area (Å²) in [5.41, 5.74) is 8.62. The SMILES string of the molecule is COC(C)CC(C)C(C)CC(=O)Nc1cccc(CO/N=C(\C(=N)N(C)N=N)c2ccccc2)n1. The van der Waals surface area contributed by atoms with E-state index in [1.165, 1.54) is 7.05 Å². The number of rotatable bonds is 13. The molecule has 0 spiro atoms. The van der Waals surface area contributed by atoms with Gasteiger partial charge in [-0.05, 0) is 37.3 Å². The largest absolute Gasteiger partial charge is 0.389 e. The first kappa shape index (κ1) is 27.6. The van der Waals surface area contributed by atoms with Crippen LogP contribution in [-0.2, 0) is 21.0 Å². The van der Waals surface area contributed by atoms with Crippen molar-refractivity contribution in [2.75, 3.05) is 19.5 Å². The molecule has 1 aromatic heterocycles. The molecule has 0 fully saturated rings. The van der Waals surface area contributed by atoms with Crippen LogP contribution in [0.25, 0.3) is 0 Å². The topological polar surface area (TPSA) is 136 Å². The molecule has 10 nitrogen and oxygen atoms in total. The lowest BCUT2D eigenvalue weighted by Gasteiger charge is -2.22. The van der Waals surface area contributed by atoms with Crippen LogP contribution in [0.15, 0.2) is 58.9 Å². The Hall–Kier alpha value is -3.66. The Morgan fingerprint density at radius 1 is 1.11 bits per heavy atom. The second-order valence-corrected chi connectivity index (χ2v) is 8.55. The predicted molar refractivity (Wildman–Crippen MR) is 135 cm³/mol. The smallest absolute Gasteiger partial charge is 0.225 e. The van der Waals surface area contributed by atoms with Gasteiger partial charge < -0.3 is 14.9 Å². The minimum Gasteiger partial charge on any atom is -0.389 e. The van der Waals surface area contributed by atoms with E-state index in [9.17, 15) is 4.79 Å². The number of carbonyl (C=O) groups is 1. The van der Waals surface area contributed by atoms with E-state index in [0.29, 0.717) is 29.4 Å². The molecular formula is C25H35N7O3. The van der Waals surface area contributed by atoms with Crippen LogP contribution in [0, 0.1) is 22.8 Å². The summed E-state index contributed by atoms with van der Waals surface area (Å²) in [6.07, 6.45) is 1.44. The zero-order valence-electron chi connectivity index (χ0n) is 21.0. The van der Waals surface area contributed by atoms with Gasteiger partial charge in [-0.2, -0.15) is 5.53 Å². The highest BCUT2D eigenvalue weighted by Gasteiger charge is 2.19. The molecule has 0 aliphatic heterocycles. The van der Waals surface area contributed by atoms with Crippen LogP contribution >= 0.6 is 0 Å². The van der Waals surface area contributed by atoms with Crippen molar-refractivity contribution in [2.24, 2.45) is 22.2 Å². The third-order valence-electron chi connectivity index (χ3n) is 5.77. The van der Waals surface area contributed by atoms with Crippen LogP contribution in [0.1, 0.15) is 44.9 Å². The van der Waals surface area contributed by atoms with E-state index in [1.54, 1.807) is 37.4 Å². The zero-order chi connectivity index (χ0) is 25.8. The number of carbonyl (C=O) groups excluding carboxylic acids is 1. The minimum atomic E-state index is -0.0972. The standard InChI is InChI=1S/C25H35N7O3/c1-17(14-19(3)34-5)18(2)15-23(33)29-22-13-9-12-21(28-22)16-35-30-24(25(26)32(4)31-27)20-10-7-6-8-11-20/h6-13,17-19,26-27H,14-16H2,1-5H3,(H,28,29,33)/b26-25?,30-24-,31-27?. The van der Waals surface area contributed by atoms with E-state index in [0.717, 1.165) is 11.4 Å². The van der Waals surface area contributed by atoms with Crippen molar-refractivity contribution in [3.63, 3.8) is 0 Å². The number of hydrogen-bond donors (Lipinski definition) is 3. The fourth-order valence-corrected chi connectivity index (χ4v) is 3.36. The van der Waals surface area contributed by atoms with Crippen molar-refractivity contribution >= 4 is 23.3 Å². The summed E-state index contributed by atoms with van der Waals surface area (Å²) in [4.78, 5) is 22.5. The number of ether oxygens (including phenoxy) is 1. The fourth-order valence-electron chi connectivity index (χ4n) is 3.36. The molecule has 0 aliphatic rings. The van der Waals surface area contributed by atoms with Crippen LogP contribution in [0.2, 0.25) is 0 Å². The molecule has 0 saturated carbocycles. The summed E-state index contributed by atoms with van der Waals surface area (Å²) in [7, 11) is 3.18. The van der Waals surface area contributed by atoms with Gasteiger partial charge in [0.25, 0.3) is 0 Å². The number of likely N-dealkylation sites (N-methyl/N-ethyl adjacent to an activating group) is 1. The first-order valence-corrected chi connectivity index (χ1v) is 11.5. The van der Waals surface area contributed by atoms with Gasteiger partial charge in [0.2, 0.25) is 5.91 Å². The van der Waals surface area contributed by atoms with Gasteiger partial charge >= 0.3 is 0 Å². The summed E-state index contributed by atoms with van der Waals surface area (Å²) in [6.45, 7) is 6.26. The van der Waals surface area contributed by atoms with Crippen molar-refractivity contribution < 1.29 is 14.4 Å². The van der Waals surface area contributed by atoms with Crippen molar-refractivity contribution in [1.29, 1.82) is 10.9 Å². The van der Waals surface area contributed by atoms with Crippen molar-refractivity contribution in [3.8, 4) is 0 Å². The van der Waals surface area contributed by atoms with E-state index in [-0.39, 0.29) is 36.1 Å². The van der Waals surface area contributed by atoms with Crippen LogP contribution in [0.3, 0.4) is 0 Å². The maximum absolute atomic E-state index is 12.5. The quantitative estimate of drug-likeness (QED) is 0.162. The van der Waals surface area contributed by atoms with E-state index in [1.807, 2.05) is 25.1 Å². The van der Waals surface area contributed by atoms with Crippen LogP contribution in [-0.4, -0.2) is 47.7 Å². The molecule has 1 aromatic carbocycles. The summed E-state index contributed by atoms with van der Waals surface area (Å²) in [5, 5.41) is 19.5. The van der Waals surface area contributed by atoms with Crippen molar-refractivity contribution in [3.05, 3.63) is 59.8 Å². The number of amidine groups is 1. The van der Waals surface area contributed by atoms with Gasteiger partial charge in [0, 0.05) is 26.1 Å². The molecule has 188 valence electrons. The van der Waals surface area contributed by atoms with Crippen LogP contribution in [0.4, 0.5) is 5.82 Å². The van der Waals surface area contributed by atoms with E-state index < -0.39 is 0 Å². The van der Waals surface area contributed by atoms with Gasteiger partial charge in [-0.1, -0.05) is 60.6 Å². The Bertz CT molecular complexity index is 1010. The Kier molecular flexibility index (Phi) is 11.0. The molecule has 1 heterocycles. The average molecular weight is 482 g/mol. The molecule has 0 aliphatic carbocycles. The molecule has 1 amide bonds. The molecule has 0 radical (unpaired) electrons. The summed E-state index contributed by atoms with van der Waals surface area (Å²) in [5.74, 6) is 0.812. The number of oxime groups is 1. The Morgan fingerprint density at radius 3 is 2.49 bits per heavy atom. The van der Waals surface area contributed by atoms with Gasteiger partial charge in [-0.25, -0.2) is 9.99 Å². The second-order valence-electron chi connectivity index (χ2n) is 8.55. The molecule has 3 N–H and O–H groups in total.